The maximum Gasteiger partial charge on any atom is 0.306 e. The maximum atomic E-state index is 14.7. The Labute approximate surface area is 311 Å². The Morgan fingerprint density at radius 2 is 1.83 bits per heavy atom. The molecule has 1 aromatic carbocycles. The number of aryl methyl sites for hydroxylation is 1. The predicted octanol–water partition coefficient (Wildman–Crippen LogP) is 4.74. The normalized spacial score (nSPS) is 29.7. The average molecular weight is 749 g/mol. The molecule has 3 saturated carbocycles. The zero-order chi connectivity index (χ0) is 37.5. The first-order valence-electron chi connectivity index (χ1n) is 19.3. The van der Waals surface area contributed by atoms with Gasteiger partial charge in [-0.05, 0) is 85.8 Å². The lowest BCUT2D eigenvalue weighted by molar-refractivity contribution is -0.153. The van der Waals surface area contributed by atoms with Crippen molar-refractivity contribution < 1.29 is 37.1 Å². The third-order valence-electron chi connectivity index (χ3n) is 12.0. The minimum Gasteiger partial charge on any atom is -0.472 e. The molecule has 5 aliphatic rings. The fraction of sp³-hybridized carbons (Fsp3) is 0.625. The third-order valence-corrected chi connectivity index (χ3v) is 13.9. The number of rotatable bonds is 7. The number of aromatic nitrogens is 1. The van der Waals surface area contributed by atoms with Crippen molar-refractivity contribution in [2.45, 2.75) is 120 Å². The van der Waals surface area contributed by atoms with Gasteiger partial charge in [0.25, 0.3) is 5.91 Å². The van der Waals surface area contributed by atoms with Crippen LogP contribution in [0.2, 0.25) is 0 Å². The number of fused-ring (bicyclic) bond motifs is 3. The first kappa shape index (κ1) is 37.3. The lowest BCUT2D eigenvalue weighted by Gasteiger charge is -2.31. The molecule has 53 heavy (non-hydrogen) atoms. The molecule has 4 fully saturated rings. The fourth-order valence-electron chi connectivity index (χ4n) is 8.54. The molecular weight excluding hydrogens is 697 g/mol. The van der Waals surface area contributed by atoms with Gasteiger partial charge >= 0.3 is 5.97 Å². The number of amides is 3. The molecule has 286 valence electrons. The van der Waals surface area contributed by atoms with E-state index in [9.17, 15) is 27.6 Å². The lowest BCUT2D eigenvalue weighted by Crippen LogP contribution is -2.57. The number of carbonyl (C=O) groups is 4. The van der Waals surface area contributed by atoms with Gasteiger partial charge in [-0.25, -0.2) is 13.4 Å². The van der Waals surface area contributed by atoms with E-state index in [4.69, 9.17) is 9.47 Å². The summed E-state index contributed by atoms with van der Waals surface area (Å²) in [5.74, 6) is -2.95. The minimum atomic E-state index is -3.87. The van der Waals surface area contributed by atoms with E-state index in [1.165, 1.54) is 11.0 Å². The van der Waals surface area contributed by atoms with Crippen LogP contribution in [0, 0.1) is 23.2 Å². The number of hydrogen-bond donors (Lipinski definition) is 2. The average Bonchev–Trinajstić information content (AvgIpc) is 4.00. The van der Waals surface area contributed by atoms with Crippen LogP contribution in [0.15, 0.2) is 43.1 Å². The first-order chi connectivity index (χ1) is 25.3. The standard InChI is InChI=1S/C40H52N4O8S/c1-4-28-22-40(28,38(48)43-53(49,50)30-14-15-30)42-35(46)33-20-29-23-44(33)37(47)32(26-10-5-6-11-26)21-34(45)51-24-39(2,3)17-8-7-9-25-12-13-27-16-18-41-36(52-29)31(27)19-25/h4,12-13,16,18-19,26,28-30,32-33H,1,5-11,14-15,17,20-24H2,2-3H3,(H,42,46)(H,43,48)/t28-,29-,32+,33+,40-/m1/s1. The van der Waals surface area contributed by atoms with Crippen molar-refractivity contribution >= 4 is 44.5 Å². The van der Waals surface area contributed by atoms with E-state index in [2.05, 4.69) is 53.6 Å². The number of ether oxygens (including phenoxy) is 2. The van der Waals surface area contributed by atoms with Crippen LogP contribution in [0.1, 0.15) is 96.5 Å². The van der Waals surface area contributed by atoms with Crippen molar-refractivity contribution in [2.24, 2.45) is 23.2 Å². The van der Waals surface area contributed by atoms with Crippen LogP contribution in [0.3, 0.4) is 0 Å². The van der Waals surface area contributed by atoms with Gasteiger partial charge in [-0.1, -0.05) is 51.3 Å². The Morgan fingerprint density at radius 3 is 2.55 bits per heavy atom. The molecule has 13 heteroatoms. The summed E-state index contributed by atoms with van der Waals surface area (Å²) >= 11 is 0. The highest BCUT2D eigenvalue weighted by atomic mass is 32.2. The molecule has 3 amide bonds. The van der Waals surface area contributed by atoms with E-state index in [0.29, 0.717) is 18.7 Å². The molecule has 7 rings (SSSR count). The summed E-state index contributed by atoms with van der Waals surface area (Å²) in [5.41, 5.74) is -0.600. The molecule has 12 nitrogen and oxygen atoms in total. The molecule has 5 atom stereocenters. The number of cyclic esters (lactones) is 1. The molecule has 2 N–H and O–H groups in total. The van der Waals surface area contributed by atoms with Crippen LogP contribution in [0.5, 0.6) is 5.88 Å². The summed E-state index contributed by atoms with van der Waals surface area (Å²) in [7, 11) is -3.87. The number of carbonyl (C=O) groups excluding carboxylic acids is 4. The number of sulfonamides is 1. The summed E-state index contributed by atoms with van der Waals surface area (Å²) < 4.78 is 40.1. The van der Waals surface area contributed by atoms with Crippen molar-refractivity contribution in [3.63, 3.8) is 0 Å². The molecule has 2 aromatic rings. The molecule has 4 bridgehead atoms. The van der Waals surface area contributed by atoms with Gasteiger partial charge in [-0.2, -0.15) is 0 Å². The molecule has 2 aliphatic heterocycles. The van der Waals surface area contributed by atoms with Crippen LogP contribution in [0.4, 0.5) is 0 Å². The molecule has 1 aromatic heterocycles. The molecule has 0 spiro atoms. The monoisotopic (exact) mass is 748 g/mol. The number of nitrogens with zero attached hydrogens (tertiary/aromatic N) is 2. The van der Waals surface area contributed by atoms with Crippen molar-refractivity contribution in [2.75, 3.05) is 13.2 Å². The number of benzene rings is 1. The van der Waals surface area contributed by atoms with Gasteiger partial charge in [0.1, 0.15) is 17.7 Å². The van der Waals surface area contributed by atoms with Crippen LogP contribution in [-0.4, -0.2) is 78.1 Å². The summed E-state index contributed by atoms with van der Waals surface area (Å²) in [5, 5.41) is 4.05. The van der Waals surface area contributed by atoms with Crippen molar-refractivity contribution in [3.05, 3.63) is 48.7 Å². The van der Waals surface area contributed by atoms with Gasteiger partial charge in [0, 0.05) is 23.9 Å². The van der Waals surface area contributed by atoms with Crippen molar-refractivity contribution in [1.29, 1.82) is 0 Å². The van der Waals surface area contributed by atoms with Crippen LogP contribution in [0.25, 0.3) is 10.8 Å². The molecule has 3 heterocycles. The van der Waals surface area contributed by atoms with Crippen molar-refractivity contribution in [1.82, 2.24) is 19.9 Å². The van der Waals surface area contributed by atoms with E-state index in [-0.39, 0.29) is 49.7 Å². The number of hydrogen-bond acceptors (Lipinski definition) is 9. The Morgan fingerprint density at radius 1 is 1.06 bits per heavy atom. The fourth-order valence-corrected chi connectivity index (χ4v) is 9.90. The van der Waals surface area contributed by atoms with Gasteiger partial charge in [0.15, 0.2) is 0 Å². The molecule has 0 radical (unpaired) electrons. The summed E-state index contributed by atoms with van der Waals surface area (Å²) in [4.78, 5) is 62.2. The largest absolute Gasteiger partial charge is 0.472 e. The molecule has 3 aliphatic carbocycles. The van der Waals surface area contributed by atoms with Crippen LogP contribution >= 0.6 is 0 Å². The second-order valence-electron chi connectivity index (χ2n) is 16.7. The maximum absolute atomic E-state index is 14.7. The zero-order valence-electron chi connectivity index (χ0n) is 30.8. The van der Waals surface area contributed by atoms with Crippen LogP contribution < -0.4 is 14.8 Å². The summed E-state index contributed by atoms with van der Waals surface area (Å²) in [6.45, 7) is 8.30. The van der Waals surface area contributed by atoms with E-state index in [1.807, 2.05) is 6.07 Å². The number of nitrogens with one attached hydrogen (secondary N) is 2. The first-order valence-corrected chi connectivity index (χ1v) is 20.8. The van der Waals surface area contributed by atoms with E-state index < -0.39 is 62.6 Å². The Balaban J connectivity index is 1.21. The predicted molar refractivity (Wildman–Crippen MR) is 198 cm³/mol. The van der Waals surface area contributed by atoms with Gasteiger partial charge in [0.05, 0.1) is 30.7 Å². The number of pyridine rings is 1. The zero-order valence-corrected chi connectivity index (χ0v) is 31.6. The summed E-state index contributed by atoms with van der Waals surface area (Å²) in [6.07, 6.45) is 10.9. The van der Waals surface area contributed by atoms with E-state index in [1.54, 1.807) is 6.20 Å². The Hall–Kier alpha value is -4.00. The highest BCUT2D eigenvalue weighted by Crippen LogP contribution is 2.46. The highest BCUT2D eigenvalue weighted by molar-refractivity contribution is 7.91. The highest BCUT2D eigenvalue weighted by Gasteiger charge is 2.62. The topological polar surface area (TPSA) is 161 Å². The quantitative estimate of drug-likeness (QED) is 0.301. The second kappa shape index (κ2) is 14.7. The molecule has 0 unspecified atom stereocenters. The van der Waals surface area contributed by atoms with E-state index >= 15 is 0 Å². The van der Waals surface area contributed by atoms with Crippen LogP contribution in [-0.2, 0) is 40.4 Å². The third kappa shape index (κ3) is 8.10. The van der Waals surface area contributed by atoms with Gasteiger partial charge < -0.3 is 19.7 Å². The van der Waals surface area contributed by atoms with Gasteiger partial charge in [-0.3, -0.25) is 23.9 Å². The molecule has 1 saturated heterocycles. The minimum absolute atomic E-state index is 0.0441. The molecular formula is C40H52N4O8S. The van der Waals surface area contributed by atoms with Gasteiger partial charge in [-0.15, -0.1) is 6.58 Å². The van der Waals surface area contributed by atoms with Gasteiger partial charge in [0.2, 0.25) is 27.7 Å². The Bertz CT molecular complexity index is 1890. The Kier molecular flexibility index (Phi) is 10.3. The smallest absolute Gasteiger partial charge is 0.306 e. The number of esters is 1. The summed E-state index contributed by atoms with van der Waals surface area (Å²) in [6, 6.07) is 7.14. The lowest BCUT2D eigenvalue weighted by atomic mass is 9.86. The van der Waals surface area contributed by atoms with E-state index in [0.717, 1.165) is 67.7 Å². The van der Waals surface area contributed by atoms with Crippen molar-refractivity contribution in [3.8, 4) is 5.88 Å². The SMILES string of the molecule is C=C[C@@H]1C[C@]1(NC(=O)[C@@H]1C[C@@H]2CN1C(=O)[C@H](C1CCCC1)CC(=O)OCC(C)(C)CCCCc1ccc3ccnc(c3c1)O2)C(=O)NS(=O)(=O)C1CC1. The second-order valence-corrected chi connectivity index (χ2v) is 18.7.